The number of hydrogen-bond donors (Lipinski definition) is 1. The minimum absolute atomic E-state index is 0.172. The van der Waals surface area contributed by atoms with Gasteiger partial charge in [0.05, 0.1) is 0 Å². The third-order valence-corrected chi connectivity index (χ3v) is 4.65. The predicted octanol–water partition coefficient (Wildman–Crippen LogP) is 2.25. The maximum absolute atomic E-state index is 13.9. The Morgan fingerprint density at radius 3 is 2.86 bits per heavy atom. The van der Waals surface area contributed by atoms with Crippen LogP contribution < -0.4 is 5.32 Å². The summed E-state index contributed by atoms with van der Waals surface area (Å²) in [6, 6.07) is 5.53. The lowest BCUT2D eigenvalue weighted by molar-refractivity contribution is 0.101. The molecule has 2 atom stereocenters. The van der Waals surface area contributed by atoms with Crippen molar-refractivity contribution in [3.63, 3.8) is 0 Å². The highest BCUT2D eigenvalue weighted by molar-refractivity contribution is 6.30. The van der Waals surface area contributed by atoms with Gasteiger partial charge in [-0.15, -0.1) is 0 Å². The standard InChI is InChI=1S/C16H25ClFN3/c1-19-14(9-12-8-13(17)4-5-16(12)18)10-15-11-20(2)6-7-21(15)3/h4-5,8,14-15,19H,6-7,9-11H2,1-3H3. The number of piperazine rings is 1. The Balaban J connectivity index is 2.01. The molecule has 2 rings (SSSR count). The van der Waals surface area contributed by atoms with Crippen LogP contribution in [0, 0.1) is 5.82 Å². The first-order valence-corrected chi connectivity index (χ1v) is 7.87. The van der Waals surface area contributed by atoms with Gasteiger partial charge in [-0.2, -0.15) is 0 Å². The molecule has 118 valence electrons. The SMILES string of the molecule is CNC(Cc1cc(Cl)ccc1F)CC1CN(C)CCN1C. The van der Waals surface area contributed by atoms with E-state index in [0.29, 0.717) is 23.0 Å². The minimum Gasteiger partial charge on any atom is -0.317 e. The van der Waals surface area contributed by atoms with Crippen molar-refractivity contribution in [2.24, 2.45) is 0 Å². The second-order valence-electron chi connectivity index (χ2n) is 6.06. The van der Waals surface area contributed by atoms with Crippen molar-refractivity contribution in [2.75, 3.05) is 40.8 Å². The second kappa shape index (κ2) is 7.54. The lowest BCUT2D eigenvalue weighted by Crippen LogP contribution is -2.52. The van der Waals surface area contributed by atoms with Crippen molar-refractivity contribution in [1.82, 2.24) is 15.1 Å². The summed E-state index contributed by atoms with van der Waals surface area (Å²) in [5, 5.41) is 3.92. The highest BCUT2D eigenvalue weighted by Gasteiger charge is 2.25. The maximum atomic E-state index is 13.9. The zero-order valence-electron chi connectivity index (χ0n) is 13.1. The quantitative estimate of drug-likeness (QED) is 0.899. The molecule has 3 nitrogen and oxygen atoms in total. The van der Waals surface area contributed by atoms with Gasteiger partial charge in [0.1, 0.15) is 5.82 Å². The summed E-state index contributed by atoms with van der Waals surface area (Å²) in [6.07, 6.45) is 1.67. The van der Waals surface area contributed by atoms with E-state index in [1.807, 2.05) is 7.05 Å². The molecule has 0 spiro atoms. The Hall–Kier alpha value is -0.680. The fourth-order valence-corrected chi connectivity index (χ4v) is 3.15. The molecule has 1 fully saturated rings. The van der Waals surface area contributed by atoms with Crippen LogP contribution in [0.15, 0.2) is 18.2 Å². The summed E-state index contributed by atoms with van der Waals surface area (Å²) in [5.74, 6) is -0.172. The monoisotopic (exact) mass is 313 g/mol. The molecule has 0 bridgehead atoms. The second-order valence-corrected chi connectivity index (χ2v) is 6.49. The predicted molar refractivity (Wildman–Crippen MR) is 86.5 cm³/mol. The summed E-state index contributed by atoms with van der Waals surface area (Å²) >= 11 is 5.98. The third kappa shape index (κ3) is 4.65. The van der Waals surface area contributed by atoms with E-state index >= 15 is 0 Å². The van der Waals surface area contributed by atoms with E-state index in [4.69, 9.17) is 11.6 Å². The number of nitrogens with zero attached hydrogens (tertiary/aromatic N) is 2. The molecule has 2 unspecified atom stereocenters. The van der Waals surface area contributed by atoms with Crippen LogP contribution in [0.3, 0.4) is 0 Å². The van der Waals surface area contributed by atoms with Gasteiger partial charge in [0.2, 0.25) is 0 Å². The van der Waals surface area contributed by atoms with Crippen molar-refractivity contribution in [3.05, 3.63) is 34.6 Å². The van der Waals surface area contributed by atoms with Gasteiger partial charge in [0.15, 0.2) is 0 Å². The molecule has 0 aliphatic carbocycles. The largest absolute Gasteiger partial charge is 0.317 e. The van der Waals surface area contributed by atoms with Gasteiger partial charge in [0.25, 0.3) is 0 Å². The minimum atomic E-state index is -0.172. The van der Waals surface area contributed by atoms with Crippen LogP contribution in [-0.2, 0) is 6.42 Å². The molecule has 1 N–H and O–H groups in total. The lowest BCUT2D eigenvalue weighted by atomic mass is 9.97. The average molecular weight is 314 g/mol. The highest BCUT2D eigenvalue weighted by Crippen LogP contribution is 2.19. The van der Waals surface area contributed by atoms with Gasteiger partial charge in [-0.3, -0.25) is 0 Å². The maximum Gasteiger partial charge on any atom is 0.126 e. The molecular formula is C16H25ClFN3. The van der Waals surface area contributed by atoms with Gasteiger partial charge >= 0.3 is 0 Å². The average Bonchev–Trinajstić information content (AvgIpc) is 2.45. The zero-order valence-corrected chi connectivity index (χ0v) is 13.8. The van der Waals surface area contributed by atoms with E-state index in [1.54, 1.807) is 12.1 Å². The number of halogens is 2. The number of benzene rings is 1. The summed E-state index contributed by atoms with van der Waals surface area (Å²) in [4.78, 5) is 4.76. The number of rotatable bonds is 5. The molecule has 1 aliphatic rings. The molecule has 0 radical (unpaired) electrons. The molecule has 21 heavy (non-hydrogen) atoms. The normalized spacial score (nSPS) is 22.4. The number of nitrogens with one attached hydrogen (secondary N) is 1. The molecule has 1 heterocycles. The first kappa shape index (κ1) is 16.7. The first-order valence-electron chi connectivity index (χ1n) is 7.49. The van der Waals surface area contributed by atoms with Crippen LogP contribution >= 0.6 is 11.6 Å². The molecule has 1 aliphatic heterocycles. The Labute approximate surface area is 132 Å². The van der Waals surface area contributed by atoms with Crippen molar-refractivity contribution in [3.8, 4) is 0 Å². The number of hydrogen-bond acceptors (Lipinski definition) is 3. The molecule has 5 heteroatoms. The summed E-state index contributed by atoms with van der Waals surface area (Å²) in [5.41, 5.74) is 0.689. The van der Waals surface area contributed by atoms with Gasteiger partial charge < -0.3 is 15.1 Å². The van der Waals surface area contributed by atoms with Crippen LogP contribution in [0.4, 0.5) is 4.39 Å². The van der Waals surface area contributed by atoms with E-state index in [2.05, 4.69) is 29.2 Å². The molecular weight excluding hydrogens is 289 g/mol. The van der Waals surface area contributed by atoms with Crippen LogP contribution in [0.1, 0.15) is 12.0 Å². The topological polar surface area (TPSA) is 18.5 Å². The molecule has 0 saturated carbocycles. The van der Waals surface area contributed by atoms with E-state index in [-0.39, 0.29) is 11.9 Å². The van der Waals surface area contributed by atoms with Crippen LogP contribution in [-0.4, -0.2) is 62.7 Å². The Kier molecular flexibility index (Phi) is 5.99. The van der Waals surface area contributed by atoms with Crippen LogP contribution in [0.25, 0.3) is 0 Å². The molecule has 1 aromatic rings. The molecule has 0 aromatic heterocycles. The Morgan fingerprint density at radius 2 is 2.14 bits per heavy atom. The third-order valence-electron chi connectivity index (χ3n) is 4.42. The fourth-order valence-electron chi connectivity index (χ4n) is 2.95. The smallest absolute Gasteiger partial charge is 0.126 e. The van der Waals surface area contributed by atoms with Gasteiger partial charge in [-0.05, 0) is 57.7 Å². The van der Waals surface area contributed by atoms with Crippen LogP contribution in [0.5, 0.6) is 0 Å². The van der Waals surface area contributed by atoms with E-state index < -0.39 is 0 Å². The van der Waals surface area contributed by atoms with Crippen LogP contribution in [0.2, 0.25) is 5.02 Å². The first-order chi connectivity index (χ1) is 9.99. The van der Waals surface area contributed by atoms with E-state index in [0.717, 1.165) is 26.1 Å². The summed E-state index contributed by atoms with van der Waals surface area (Å²) in [7, 11) is 6.27. The fraction of sp³-hybridized carbons (Fsp3) is 0.625. The lowest BCUT2D eigenvalue weighted by Gasteiger charge is -2.39. The van der Waals surface area contributed by atoms with Gasteiger partial charge in [-0.1, -0.05) is 11.6 Å². The van der Waals surface area contributed by atoms with E-state index in [1.165, 1.54) is 6.07 Å². The van der Waals surface area contributed by atoms with Crippen molar-refractivity contribution in [2.45, 2.75) is 24.9 Å². The Morgan fingerprint density at radius 1 is 1.38 bits per heavy atom. The van der Waals surface area contributed by atoms with Gasteiger partial charge in [-0.25, -0.2) is 4.39 Å². The molecule has 1 saturated heterocycles. The summed E-state index contributed by atoms with van der Waals surface area (Å²) in [6.45, 7) is 3.26. The van der Waals surface area contributed by atoms with Crippen molar-refractivity contribution in [1.29, 1.82) is 0 Å². The molecule has 1 aromatic carbocycles. The van der Waals surface area contributed by atoms with Gasteiger partial charge in [0, 0.05) is 36.7 Å². The van der Waals surface area contributed by atoms with Crippen molar-refractivity contribution >= 4 is 11.6 Å². The Bertz CT molecular complexity index is 469. The van der Waals surface area contributed by atoms with E-state index in [9.17, 15) is 4.39 Å². The zero-order chi connectivity index (χ0) is 15.4. The molecule has 0 amide bonds. The summed E-state index contributed by atoms with van der Waals surface area (Å²) < 4.78 is 13.9. The number of likely N-dealkylation sites (N-methyl/N-ethyl adjacent to an activating group) is 3. The highest BCUT2D eigenvalue weighted by atomic mass is 35.5. The van der Waals surface area contributed by atoms with Crippen molar-refractivity contribution < 1.29 is 4.39 Å².